The van der Waals surface area contributed by atoms with Crippen LogP contribution >= 0.6 is 0 Å². The van der Waals surface area contributed by atoms with Crippen LogP contribution in [0.3, 0.4) is 0 Å². The molecule has 1 heterocycles. The minimum absolute atomic E-state index is 0.284. The third kappa shape index (κ3) is 2.79. The molecule has 1 saturated heterocycles. The van der Waals surface area contributed by atoms with Crippen LogP contribution in [0.25, 0.3) is 0 Å². The fourth-order valence-electron chi connectivity index (χ4n) is 2.56. The summed E-state index contributed by atoms with van der Waals surface area (Å²) < 4.78 is 0. The highest BCUT2D eigenvalue weighted by Crippen LogP contribution is 2.29. The van der Waals surface area contributed by atoms with Crippen LogP contribution in [0, 0.1) is 5.92 Å². The van der Waals surface area contributed by atoms with Crippen molar-refractivity contribution < 1.29 is 5.11 Å². The summed E-state index contributed by atoms with van der Waals surface area (Å²) in [4.78, 5) is 2.47. The molecule has 3 heteroatoms. The zero-order valence-corrected chi connectivity index (χ0v) is 10.6. The van der Waals surface area contributed by atoms with Gasteiger partial charge in [0.1, 0.15) is 5.75 Å². The van der Waals surface area contributed by atoms with E-state index in [0.29, 0.717) is 17.7 Å². The van der Waals surface area contributed by atoms with Crippen LogP contribution < -0.4 is 5.73 Å². The number of likely N-dealkylation sites (tertiary alicyclic amines) is 1. The summed E-state index contributed by atoms with van der Waals surface area (Å²) in [5.41, 5.74) is 7.22. The van der Waals surface area contributed by atoms with Gasteiger partial charge in [0.25, 0.3) is 0 Å². The Balaban J connectivity index is 2.01. The third-order valence-electron chi connectivity index (χ3n) is 3.92. The van der Waals surface area contributed by atoms with Crippen molar-refractivity contribution in [1.82, 2.24) is 4.90 Å². The fourth-order valence-corrected chi connectivity index (χ4v) is 2.56. The number of nitrogens with zero attached hydrogens (tertiary/aromatic N) is 1. The molecule has 0 amide bonds. The van der Waals surface area contributed by atoms with Gasteiger partial charge in [-0.15, -0.1) is 0 Å². The first-order chi connectivity index (χ1) is 8.08. The molecule has 1 aliphatic rings. The minimum Gasteiger partial charge on any atom is -0.508 e. The Labute approximate surface area is 103 Å². The summed E-state index contributed by atoms with van der Waals surface area (Å²) in [5, 5.41) is 9.29. The molecule has 1 aromatic carbocycles. The zero-order valence-electron chi connectivity index (χ0n) is 10.6. The molecule has 0 spiro atoms. The van der Waals surface area contributed by atoms with Gasteiger partial charge < -0.3 is 10.8 Å². The average Bonchev–Trinajstić information content (AvgIpc) is 2.78. The Hall–Kier alpha value is -1.06. The lowest BCUT2D eigenvalue weighted by atomic mass is 10.0. The van der Waals surface area contributed by atoms with Crippen molar-refractivity contribution in [2.75, 3.05) is 13.1 Å². The Morgan fingerprint density at radius 1 is 1.29 bits per heavy atom. The molecule has 0 aliphatic carbocycles. The number of hydrogen-bond donors (Lipinski definition) is 2. The maximum absolute atomic E-state index is 9.29. The van der Waals surface area contributed by atoms with Crippen LogP contribution in [0.5, 0.6) is 5.75 Å². The van der Waals surface area contributed by atoms with Crippen molar-refractivity contribution >= 4 is 0 Å². The number of benzene rings is 1. The number of nitrogens with two attached hydrogens (primary N) is 1. The van der Waals surface area contributed by atoms with Crippen molar-refractivity contribution in [3.05, 3.63) is 29.8 Å². The monoisotopic (exact) mass is 234 g/mol. The summed E-state index contributed by atoms with van der Waals surface area (Å²) >= 11 is 0. The normalized spacial score (nSPS) is 24.8. The lowest BCUT2D eigenvalue weighted by Crippen LogP contribution is -2.30. The number of rotatable bonds is 3. The van der Waals surface area contributed by atoms with Gasteiger partial charge in [0, 0.05) is 18.6 Å². The summed E-state index contributed by atoms with van der Waals surface area (Å²) in [6, 6.07) is 8.19. The molecule has 3 N–H and O–H groups in total. The second kappa shape index (κ2) is 5.07. The van der Waals surface area contributed by atoms with Crippen LogP contribution in [-0.4, -0.2) is 29.1 Å². The molecule has 1 aliphatic heterocycles. The van der Waals surface area contributed by atoms with Crippen LogP contribution in [0.1, 0.15) is 31.9 Å². The molecule has 3 unspecified atom stereocenters. The van der Waals surface area contributed by atoms with Gasteiger partial charge in [-0.05, 0) is 50.4 Å². The quantitative estimate of drug-likeness (QED) is 0.842. The van der Waals surface area contributed by atoms with Gasteiger partial charge in [-0.25, -0.2) is 0 Å². The van der Waals surface area contributed by atoms with E-state index in [1.54, 1.807) is 12.1 Å². The van der Waals surface area contributed by atoms with E-state index in [1.165, 1.54) is 12.0 Å². The van der Waals surface area contributed by atoms with Crippen molar-refractivity contribution in [1.29, 1.82) is 0 Å². The lowest BCUT2D eigenvalue weighted by Gasteiger charge is -2.25. The van der Waals surface area contributed by atoms with E-state index in [9.17, 15) is 5.11 Å². The molecule has 94 valence electrons. The van der Waals surface area contributed by atoms with E-state index in [2.05, 4.69) is 18.7 Å². The van der Waals surface area contributed by atoms with Crippen molar-refractivity contribution in [2.45, 2.75) is 32.4 Å². The molecular weight excluding hydrogens is 212 g/mol. The summed E-state index contributed by atoms with van der Waals surface area (Å²) in [7, 11) is 0. The zero-order chi connectivity index (χ0) is 12.4. The van der Waals surface area contributed by atoms with Gasteiger partial charge in [0.05, 0.1) is 0 Å². The first kappa shape index (κ1) is 12.4. The van der Waals surface area contributed by atoms with Gasteiger partial charge >= 0.3 is 0 Å². The number of phenolic OH excluding ortho intramolecular Hbond substituents is 1. The average molecular weight is 234 g/mol. The molecule has 0 radical (unpaired) electrons. The molecule has 1 fully saturated rings. The SMILES string of the molecule is CC(N)C1CCN(C(C)c2ccc(O)cc2)C1. The molecule has 1 aromatic rings. The van der Waals surface area contributed by atoms with E-state index < -0.39 is 0 Å². The first-order valence-corrected chi connectivity index (χ1v) is 6.36. The topological polar surface area (TPSA) is 49.5 Å². The summed E-state index contributed by atoms with van der Waals surface area (Å²) in [5.74, 6) is 0.949. The maximum Gasteiger partial charge on any atom is 0.115 e. The molecule has 2 rings (SSSR count). The van der Waals surface area contributed by atoms with Gasteiger partial charge in [-0.1, -0.05) is 12.1 Å². The predicted molar refractivity (Wildman–Crippen MR) is 69.9 cm³/mol. The first-order valence-electron chi connectivity index (χ1n) is 6.36. The van der Waals surface area contributed by atoms with Crippen molar-refractivity contribution in [3.63, 3.8) is 0 Å². The van der Waals surface area contributed by atoms with Gasteiger partial charge in [-0.2, -0.15) is 0 Å². The Kier molecular flexibility index (Phi) is 3.69. The second-order valence-electron chi connectivity index (χ2n) is 5.17. The van der Waals surface area contributed by atoms with E-state index in [0.717, 1.165) is 13.1 Å². The lowest BCUT2D eigenvalue weighted by molar-refractivity contribution is 0.248. The predicted octanol–water partition coefficient (Wildman–Crippen LogP) is 2.12. The van der Waals surface area contributed by atoms with Crippen LogP contribution in [0.2, 0.25) is 0 Å². The maximum atomic E-state index is 9.29. The number of phenols is 1. The van der Waals surface area contributed by atoms with E-state index in [-0.39, 0.29) is 6.04 Å². The minimum atomic E-state index is 0.284. The van der Waals surface area contributed by atoms with Crippen molar-refractivity contribution in [3.8, 4) is 5.75 Å². The highest BCUT2D eigenvalue weighted by atomic mass is 16.3. The Morgan fingerprint density at radius 3 is 2.47 bits per heavy atom. The smallest absolute Gasteiger partial charge is 0.115 e. The molecule has 3 nitrogen and oxygen atoms in total. The Morgan fingerprint density at radius 2 is 1.94 bits per heavy atom. The van der Waals surface area contributed by atoms with Gasteiger partial charge in [-0.3, -0.25) is 4.90 Å². The van der Waals surface area contributed by atoms with Gasteiger partial charge in [0.2, 0.25) is 0 Å². The van der Waals surface area contributed by atoms with Crippen LogP contribution in [-0.2, 0) is 0 Å². The molecule has 3 atom stereocenters. The Bertz CT molecular complexity index is 361. The summed E-state index contributed by atoms with van der Waals surface area (Å²) in [6.07, 6.45) is 1.19. The number of aromatic hydroxyl groups is 1. The molecule has 0 saturated carbocycles. The van der Waals surface area contributed by atoms with Crippen LogP contribution in [0.15, 0.2) is 24.3 Å². The number of hydrogen-bond acceptors (Lipinski definition) is 3. The van der Waals surface area contributed by atoms with Crippen molar-refractivity contribution in [2.24, 2.45) is 11.7 Å². The summed E-state index contributed by atoms with van der Waals surface area (Å²) in [6.45, 7) is 6.52. The van der Waals surface area contributed by atoms with E-state index >= 15 is 0 Å². The largest absolute Gasteiger partial charge is 0.508 e. The highest BCUT2D eigenvalue weighted by molar-refractivity contribution is 5.27. The van der Waals surface area contributed by atoms with Gasteiger partial charge in [0.15, 0.2) is 0 Å². The fraction of sp³-hybridized carbons (Fsp3) is 0.571. The second-order valence-corrected chi connectivity index (χ2v) is 5.17. The molecular formula is C14H22N2O. The van der Waals surface area contributed by atoms with Crippen LogP contribution in [0.4, 0.5) is 0 Å². The molecule has 0 aromatic heterocycles. The molecule has 0 bridgehead atoms. The third-order valence-corrected chi connectivity index (χ3v) is 3.92. The highest BCUT2D eigenvalue weighted by Gasteiger charge is 2.28. The standard InChI is InChI=1S/C14H22N2O/c1-10(15)13-7-8-16(9-13)11(2)12-3-5-14(17)6-4-12/h3-6,10-11,13,17H,7-9,15H2,1-2H3. The van der Waals surface area contributed by atoms with E-state index in [1.807, 2.05) is 12.1 Å². The van der Waals surface area contributed by atoms with E-state index in [4.69, 9.17) is 5.73 Å². The molecule has 17 heavy (non-hydrogen) atoms.